The Kier molecular flexibility index (Phi) is 5.18. The van der Waals surface area contributed by atoms with Crippen LogP contribution in [0, 0.1) is 0 Å². The summed E-state index contributed by atoms with van der Waals surface area (Å²) in [5.74, 6) is 0.934. The first-order chi connectivity index (χ1) is 11.8. The van der Waals surface area contributed by atoms with Crippen molar-refractivity contribution >= 4 is 6.09 Å². The Balaban J connectivity index is 1.67. The molecule has 2 aliphatic rings. The van der Waals surface area contributed by atoms with Crippen LogP contribution in [0.3, 0.4) is 0 Å². The molecule has 25 heavy (non-hydrogen) atoms. The molecule has 1 fully saturated rings. The number of rotatable bonds is 2. The molecular weight excluding hydrogens is 318 g/mol. The Morgan fingerprint density at radius 1 is 1.24 bits per heavy atom. The van der Waals surface area contributed by atoms with Crippen LogP contribution < -0.4 is 4.74 Å². The van der Waals surface area contributed by atoms with Crippen molar-refractivity contribution in [1.29, 1.82) is 0 Å². The van der Waals surface area contributed by atoms with E-state index in [9.17, 15) is 4.79 Å². The van der Waals surface area contributed by atoms with Crippen molar-refractivity contribution in [3.63, 3.8) is 0 Å². The highest BCUT2D eigenvalue weighted by Crippen LogP contribution is 2.29. The van der Waals surface area contributed by atoms with Crippen LogP contribution in [0.15, 0.2) is 12.3 Å². The van der Waals surface area contributed by atoms with Crippen molar-refractivity contribution in [2.75, 3.05) is 26.7 Å². The van der Waals surface area contributed by atoms with Gasteiger partial charge in [0.2, 0.25) is 0 Å². The lowest BCUT2D eigenvalue weighted by atomic mass is 10.0. The van der Waals surface area contributed by atoms with Crippen LogP contribution in [0.4, 0.5) is 4.79 Å². The first kappa shape index (κ1) is 18.0. The highest BCUT2D eigenvalue weighted by molar-refractivity contribution is 5.68. The molecule has 0 unspecified atom stereocenters. The van der Waals surface area contributed by atoms with E-state index in [2.05, 4.69) is 16.9 Å². The molecule has 3 heterocycles. The van der Waals surface area contributed by atoms with Crippen LogP contribution in [0.5, 0.6) is 5.75 Å². The molecule has 3 rings (SSSR count). The zero-order chi connectivity index (χ0) is 18.0. The van der Waals surface area contributed by atoms with Crippen molar-refractivity contribution in [2.24, 2.45) is 0 Å². The number of piperidine rings is 1. The van der Waals surface area contributed by atoms with Gasteiger partial charge in [0.25, 0.3) is 0 Å². The molecule has 0 radical (unpaired) electrons. The topological polar surface area (TPSA) is 54.9 Å². The zero-order valence-electron chi connectivity index (χ0n) is 15.7. The van der Waals surface area contributed by atoms with E-state index in [-0.39, 0.29) is 12.2 Å². The summed E-state index contributed by atoms with van der Waals surface area (Å²) in [5.41, 5.74) is 1.58. The third-order valence-electron chi connectivity index (χ3n) is 4.69. The smallest absolute Gasteiger partial charge is 0.410 e. The molecule has 1 amide bonds. The van der Waals surface area contributed by atoms with Gasteiger partial charge in [-0.1, -0.05) is 0 Å². The molecule has 1 saturated heterocycles. The third kappa shape index (κ3) is 4.63. The minimum Gasteiger partial charge on any atom is -0.490 e. The molecule has 1 aromatic heterocycles. The molecule has 6 heteroatoms. The van der Waals surface area contributed by atoms with Gasteiger partial charge in [-0.05, 0) is 53.1 Å². The number of pyridine rings is 1. The average molecular weight is 347 g/mol. The third-order valence-corrected chi connectivity index (χ3v) is 4.69. The van der Waals surface area contributed by atoms with Crippen LogP contribution in [0.2, 0.25) is 0 Å². The van der Waals surface area contributed by atoms with Crippen molar-refractivity contribution < 1.29 is 14.3 Å². The van der Waals surface area contributed by atoms with E-state index >= 15 is 0 Å². The molecule has 2 aliphatic heterocycles. The normalized spacial score (nSPS) is 19.4. The summed E-state index contributed by atoms with van der Waals surface area (Å²) in [5, 5.41) is 0. The maximum Gasteiger partial charge on any atom is 0.410 e. The van der Waals surface area contributed by atoms with E-state index < -0.39 is 5.60 Å². The minimum atomic E-state index is -0.482. The first-order valence-corrected chi connectivity index (χ1v) is 9.12. The van der Waals surface area contributed by atoms with E-state index in [0.717, 1.165) is 49.4 Å². The van der Waals surface area contributed by atoms with Crippen molar-refractivity contribution in [1.82, 2.24) is 14.8 Å². The molecule has 0 N–H and O–H groups in total. The molecule has 0 aliphatic carbocycles. The fraction of sp³-hybridized carbons (Fsp3) is 0.684. The second-order valence-electron chi connectivity index (χ2n) is 8.01. The van der Waals surface area contributed by atoms with Crippen LogP contribution in [-0.2, 0) is 17.7 Å². The van der Waals surface area contributed by atoms with E-state index in [1.54, 1.807) is 11.1 Å². The van der Waals surface area contributed by atoms with Gasteiger partial charge >= 0.3 is 6.09 Å². The standard InChI is InChI=1S/C19H29N3O3/c1-19(2,3)25-18(23)22-12-8-15-16(13-22)20-9-5-17(15)24-14-6-10-21(4)11-7-14/h5,9,14H,6-8,10-13H2,1-4H3. The fourth-order valence-corrected chi connectivity index (χ4v) is 3.30. The van der Waals surface area contributed by atoms with E-state index in [4.69, 9.17) is 9.47 Å². The summed E-state index contributed by atoms with van der Waals surface area (Å²) in [6.45, 7) is 8.92. The van der Waals surface area contributed by atoms with Crippen LogP contribution in [-0.4, -0.2) is 59.3 Å². The molecule has 0 spiro atoms. The van der Waals surface area contributed by atoms with Crippen molar-refractivity contribution in [3.05, 3.63) is 23.5 Å². The second kappa shape index (κ2) is 7.20. The molecule has 0 saturated carbocycles. The summed E-state index contributed by atoms with van der Waals surface area (Å²) >= 11 is 0. The summed E-state index contributed by atoms with van der Waals surface area (Å²) in [4.78, 5) is 20.8. The highest BCUT2D eigenvalue weighted by Gasteiger charge is 2.28. The number of hydrogen-bond acceptors (Lipinski definition) is 5. The minimum absolute atomic E-state index is 0.270. The fourth-order valence-electron chi connectivity index (χ4n) is 3.30. The van der Waals surface area contributed by atoms with Gasteiger partial charge in [-0.25, -0.2) is 4.79 Å². The van der Waals surface area contributed by atoms with E-state index in [0.29, 0.717) is 13.1 Å². The maximum atomic E-state index is 12.3. The van der Waals surface area contributed by atoms with E-state index in [1.807, 2.05) is 26.8 Å². The van der Waals surface area contributed by atoms with Crippen molar-refractivity contribution in [2.45, 2.75) is 58.3 Å². The number of ether oxygens (including phenoxy) is 2. The lowest BCUT2D eigenvalue weighted by Crippen LogP contribution is -2.40. The van der Waals surface area contributed by atoms with Gasteiger partial charge in [0.05, 0.1) is 12.2 Å². The number of fused-ring (bicyclic) bond motifs is 1. The molecule has 6 nitrogen and oxygen atoms in total. The van der Waals surface area contributed by atoms with Gasteiger partial charge in [0.15, 0.2) is 0 Å². The average Bonchev–Trinajstić information content (AvgIpc) is 2.55. The SMILES string of the molecule is CN1CCC(Oc2ccnc3c2CCN(C(=O)OC(C)(C)C)C3)CC1. The monoisotopic (exact) mass is 347 g/mol. The van der Waals surface area contributed by atoms with Crippen LogP contribution in [0.25, 0.3) is 0 Å². The highest BCUT2D eigenvalue weighted by atomic mass is 16.6. The van der Waals surface area contributed by atoms with Crippen LogP contribution >= 0.6 is 0 Å². The molecule has 1 aromatic rings. The number of hydrogen-bond donors (Lipinski definition) is 0. The summed E-state index contributed by atoms with van der Waals surface area (Å²) in [7, 11) is 2.15. The van der Waals surface area contributed by atoms with Gasteiger partial charge in [-0.3, -0.25) is 4.98 Å². The Bertz CT molecular complexity index is 619. The van der Waals surface area contributed by atoms with Gasteiger partial charge in [-0.2, -0.15) is 0 Å². The summed E-state index contributed by atoms with van der Waals surface area (Å²) in [6, 6.07) is 1.96. The van der Waals surface area contributed by atoms with Gasteiger partial charge in [0.1, 0.15) is 17.5 Å². The molecule has 0 aromatic carbocycles. The number of carbonyl (C=O) groups excluding carboxylic acids is 1. The lowest BCUT2D eigenvalue weighted by Gasteiger charge is -2.33. The lowest BCUT2D eigenvalue weighted by molar-refractivity contribution is 0.0218. The Labute approximate surface area is 150 Å². The Hall–Kier alpha value is -1.82. The summed E-state index contributed by atoms with van der Waals surface area (Å²) in [6.07, 6.45) is 4.63. The quantitative estimate of drug-likeness (QED) is 0.823. The number of carbonyl (C=O) groups is 1. The van der Waals surface area contributed by atoms with Crippen molar-refractivity contribution in [3.8, 4) is 5.75 Å². The summed E-state index contributed by atoms with van der Waals surface area (Å²) < 4.78 is 11.8. The maximum absolute atomic E-state index is 12.3. The molecule has 138 valence electrons. The Morgan fingerprint density at radius 3 is 2.64 bits per heavy atom. The predicted octanol–water partition coefficient (Wildman–Crippen LogP) is 2.85. The second-order valence-corrected chi connectivity index (χ2v) is 8.01. The van der Waals surface area contributed by atoms with Gasteiger partial charge in [-0.15, -0.1) is 0 Å². The van der Waals surface area contributed by atoms with E-state index in [1.165, 1.54) is 0 Å². The molecular formula is C19H29N3O3. The number of likely N-dealkylation sites (tertiary alicyclic amines) is 1. The zero-order valence-corrected chi connectivity index (χ0v) is 15.7. The number of nitrogens with zero attached hydrogens (tertiary/aromatic N) is 3. The van der Waals surface area contributed by atoms with Crippen LogP contribution in [0.1, 0.15) is 44.9 Å². The first-order valence-electron chi connectivity index (χ1n) is 9.12. The largest absolute Gasteiger partial charge is 0.490 e. The number of amides is 1. The van der Waals surface area contributed by atoms with Gasteiger partial charge in [0, 0.05) is 31.4 Å². The predicted molar refractivity (Wildman–Crippen MR) is 95.7 cm³/mol. The van der Waals surface area contributed by atoms with Gasteiger partial charge < -0.3 is 19.3 Å². The Morgan fingerprint density at radius 2 is 1.96 bits per heavy atom. The number of aromatic nitrogens is 1. The molecule has 0 atom stereocenters. The molecule has 0 bridgehead atoms.